The van der Waals surface area contributed by atoms with Gasteiger partial charge in [0, 0.05) is 12.6 Å². The van der Waals surface area contributed by atoms with E-state index in [4.69, 9.17) is 19.5 Å². The number of hydrogen-bond acceptors (Lipinski definition) is 7. The molecular weight excluding hydrogens is 378 g/mol. The highest BCUT2D eigenvalue weighted by Gasteiger charge is 2.12. The van der Waals surface area contributed by atoms with Crippen LogP contribution in [0.3, 0.4) is 0 Å². The van der Waals surface area contributed by atoms with E-state index >= 15 is 0 Å². The minimum Gasteiger partial charge on any atom is -0.495 e. The van der Waals surface area contributed by atoms with Crippen LogP contribution < -0.4 is 20.1 Å². The fourth-order valence-electron chi connectivity index (χ4n) is 2.23. The van der Waals surface area contributed by atoms with E-state index in [1.165, 1.54) is 20.1 Å². The maximum atomic E-state index is 12.1. The average molecular weight is 397 g/mol. The molecule has 0 saturated heterocycles. The van der Waals surface area contributed by atoms with Crippen LogP contribution in [0.2, 0.25) is 0 Å². The fraction of sp³-hybridized carbons (Fsp3) is 0.200. The lowest BCUT2D eigenvalue weighted by Gasteiger charge is -2.12. The van der Waals surface area contributed by atoms with Crippen LogP contribution >= 0.6 is 0 Å². The zero-order chi connectivity index (χ0) is 21.2. The summed E-state index contributed by atoms with van der Waals surface area (Å²) in [7, 11) is 1.43. The molecule has 0 spiro atoms. The lowest BCUT2D eigenvalue weighted by Crippen LogP contribution is -2.24. The van der Waals surface area contributed by atoms with Crippen molar-refractivity contribution in [2.75, 3.05) is 31.0 Å². The summed E-state index contributed by atoms with van der Waals surface area (Å²) in [6.07, 6.45) is 0. The zero-order valence-electron chi connectivity index (χ0n) is 15.9. The molecule has 9 nitrogen and oxygen atoms in total. The van der Waals surface area contributed by atoms with Gasteiger partial charge in [0.15, 0.2) is 13.2 Å². The minimum atomic E-state index is -0.733. The Morgan fingerprint density at radius 2 is 1.76 bits per heavy atom. The molecule has 0 aromatic heterocycles. The van der Waals surface area contributed by atoms with Crippen molar-refractivity contribution in [1.29, 1.82) is 5.26 Å². The number of methoxy groups -OCH3 is 1. The molecule has 150 valence electrons. The number of carbonyl (C=O) groups excluding carboxylic acids is 3. The summed E-state index contributed by atoms with van der Waals surface area (Å²) >= 11 is 0. The molecule has 0 aliphatic rings. The molecule has 2 N–H and O–H groups in total. The van der Waals surface area contributed by atoms with E-state index in [0.717, 1.165) is 0 Å². The van der Waals surface area contributed by atoms with Crippen LogP contribution in [0.15, 0.2) is 42.5 Å². The number of nitrogens with one attached hydrogen (secondary N) is 2. The van der Waals surface area contributed by atoms with Crippen molar-refractivity contribution in [3.8, 4) is 17.6 Å². The number of amides is 2. The molecule has 0 heterocycles. The molecule has 0 saturated carbocycles. The largest absolute Gasteiger partial charge is 0.495 e. The predicted molar refractivity (Wildman–Crippen MR) is 104 cm³/mol. The molecule has 29 heavy (non-hydrogen) atoms. The van der Waals surface area contributed by atoms with Crippen molar-refractivity contribution in [3.63, 3.8) is 0 Å². The maximum Gasteiger partial charge on any atom is 0.344 e. The maximum absolute atomic E-state index is 12.1. The molecule has 2 rings (SSSR count). The van der Waals surface area contributed by atoms with E-state index in [9.17, 15) is 14.4 Å². The van der Waals surface area contributed by atoms with Crippen LogP contribution in [0.4, 0.5) is 11.4 Å². The second-order valence-corrected chi connectivity index (χ2v) is 5.73. The molecular formula is C20H19N3O6. The standard InChI is InChI=1S/C20H19N3O6/c1-13(24)22-15-5-8-18(27-2)17(9-15)23-19(25)11-29-20(26)12-28-16-6-3-14(10-21)4-7-16/h3-9H,11-12H2,1-2H3,(H,22,24)(H,23,25). The van der Waals surface area contributed by atoms with Crippen LogP contribution in [0, 0.1) is 11.3 Å². The molecule has 0 atom stereocenters. The molecule has 0 aliphatic heterocycles. The first kappa shape index (κ1) is 21.2. The highest BCUT2D eigenvalue weighted by Crippen LogP contribution is 2.27. The molecule has 2 amide bonds. The molecule has 0 unspecified atom stereocenters. The smallest absolute Gasteiger partial charge is 0.344 e. The first-order valence-electron chi connectivity index (χ1n) is 8.45. The third-order valence-electron chi connectivity index (χ3n) is 3.50. The zero-order valence-corrected chi connectivity index (χ0v) is 15.9. The Morgan fingerprint density at radius 1 is 1.03 bits per heavy atom. The van der Waals surface area contributed by atoms with Crippen LogP contribution in [-0.2, 0) is 19.1 Å². The predicted octanol–water partition coefficient (Wildman–Crippen LogP) is 2.09. The third-order valence-corrected chi connectivity index (χ3v) is 3.50. The second kappa shape index (κ2) is 10.3. The van der Waals surface area contributed by atoms with Crippen molar-refractivity contribution in [2.45, 2.75) is 6.92 Å². The third kappa shape index (κ3) is 6.88. The first-order valence-corrected chi connectivity index (χ1v) is 8.45. The Bertz CT molecular complexity index is 934. The number of esters is 1. The Balaban J connectivity index is 1.84. The number of benzene rings is 2. The van der Waals surface area contributed by atoms with E-state index in [2.05, 4.69) is 10.6 Å². The summed E-state index contributed by atoms with van der Waals surface area (Å²) in [5.41, 5.74) is 1.25. The number of hydrogen-bond donors (Lipinski definition) is 2. The molecule has 0 aliphatic carbocycles. The lowest BCUT2D eigenvalue weighted by atomic mass is 10.2. The lowest BCUT2D eigenvalue weighted by molar-refractivity contribution is -0.149. The van der Waals surface area contributed by atoms with Gasteiger partial charge in [0.2, 0.25) is 5.91 Å². The Hall–Kier alpha value is -4.06. The van der Waals surface area contributed by atoms with Gasteiger partial charge >= 0.3 is 5.97 Å². The summed E-state index contributed by atoms with van der Waals surface area (Å²) in [6, 6.07) is 12.9. The molecule has 0 bridgehead atoms. The number of rotatable bonds is 8. The second-order valence-electron chi connectivity index (χ2n) is 5.73. The number of nitrogens with zero attached hydrogens (tertiary/aromatic N) is 1. The SMILES string of the molecule is COc1ccc(NC(C)=O)cc1NC(=O)COC(=O)COc1ccc(C#N)cc1. The van der Waals surface area contributed by atoms with Gasteiger partial charge in [-0.2, -0.15) is 5.26 Å². The van der Waals surface area contributed by atoms with E-state index in [0.29, 0.717) is 28.4 Å². The van der Waals surface area contributed by atoms with Gasteiger partial charge in [-0.15, -0.1) is 0 Å². The average Bonchev–Trinajstić information content (AvgIpc) is 2.71. The Kier molecular flexibility index (Phi) is 7.56. The van der Waals surface area contributed by atoms with Gasteiger partial charge in [-0.05, 0) is 42.5 Å². The quantitative estimate of drug-likeness (QED) is 0.653. The van der Waals surface area contributed by atoms with Crippen LogP contribution in [0.25, 0.3) is 0 Å². The van der Waals surface area contributed by atoms with E-state index < -0.39 is 18.5 Å². The van der Waals surface area contributed by atoms with Gasteiger partial charge in [0.1, 0.15) is 11.5 Å². The van der Waals surface area contributed by atoms with Gasteiger partial charge in [0.25, 0.3) is 5.91 Å². The highest BCUT2D eigenvalue weighted by atomic mass is 16.6. The monoisotopic (exact) mass is 397 g/mol. The number of ether oxygens (including phenoxy) is 3. The Labute approximate surface area is 167 Å². The number of anilines is 2. The summed E-state index contributed by atoms with van der Waals surface area (Å²) in [4.78, 5) is 35.0. The van der Waals surface area contributed by atoms with Gasteiger partial charge in [-0.3, -0.25) is 9.59 Å². The van der Waals surface area contributed by atoms with Crippen LogP contribution in [0.5, 0.6) is 11.5 Å². The van der Waals surface area contributed by atoms with Crippen molar-refractivity contribution in [2.24, 2.45) is 0 Å². The van der Waals surface area contributed by atoms with E-state index in [1.54, 1.807) is 36.4 Å². The minimum absolute atomic E-state index is 0.261. The van der Waals surface area contributed by atoms with Crippen LogP contribution in [0.1, 0.15) is 12.5 Å². The highest BCUT2D eigenvalue weighted by molar-refractivity contribution is 5.96. The van der Waals surface area contributed by atoms with Crippen molar-refractivity contribution in [1.82, 2.24) is 0 Å². The molecule has 9 heteroatoms. The normalized spacial score (nSPS) is 9.69. The topological polar surface area (TPSA) is 127 Å². The van der Waals surface area contributed by atoms with Gasteiger partial charge < -0.3 is 24.8 Å². The van der Waals surface area contributed by atoms with Gasteiger partial charge in [-0.25, -0.2) is 4.79 Å². The van der Waals surface area contributed by atoms with E-state index in [-0.39, 0.29) is 12.5 Å². The number of nitriles is 1. The summed E-state index contributed by atoms with van der Waals surface area (Å²) in [5, 5.41) is 13.9. The number of carbonyl (C=O) groups is 3. The summed E-state index contributed by atoms with van der Waals surface area (Å²) in [6.45, 7) is 0.450. The summed E-state index contributed by atoms with van der Waals surface area (Å²) in [5.74, 6) is -0.810. The van der Waals surface area contributed by atoms with Crippen molar-refractivity contribution >= 4 is 29.2 Å². The van der Waals surface area contributed by atoms with Gasteiger partial charge in [0.05, 0.1) is 24.4 Å². The first-order chi connectivity index (χ1) is 13.9. The molecule has 2 aromatic rings. The molecule has 0 fully saturated rings. The summed E-state index contributed by atoms with van der Waals surface area (Å²) < 4.78 is 15.3. The fourth-order valence-corrected chi connectivity index (χ4v) is 2.23. The molecule has 2 aromatic carbocycles. The Morgan fingerprint density at radius 3 is 2.38 bits per heavy atom. The van der Waals surface area contributed by atoms with E-state index in [1.807, 2.05) is 6.07 Å². The van der Waals surface area contributed by atoms with Crippen LogP contribution in [-0.4, -0.2) is 38.1 Å². The van der Waals surface area contributed by atoms with Crippen molar-refractivity contribution in [3.05, 3.63) is 48.0 Å². The van der Waals surface area contributed by atoms with Gasteiger partial charge in [-0.1, -0.05) is 0 Å². The molecule has 0 radical (unpaired) electrons. The van der Waals surface area contributed by atoms with Crippen molar-refractivity contribution < 1.29 is 28.6 Å².